The fraction of sp³-hybridized carbons (Fsp3) is 0.233. The van der Waals surface area contributed by atoms with Crippen LogP contribution in [0, 0.1) is 5.82 Å². The summed E-state index contributed by atoms with van der Waals surface area (Å²) in [5.74, 6) is -5.48. The highest BCUT2D eigenvalue weighted by atomic mass is 35.5. The fourth-order valence-electron chi connectivity index (χ4n) is 4.21. The molecule has 4 N–H and O–H groups in total. The second kappa shape index (κ2) is 14.7. The number of carbonyl (C=O) groups excluding carboxylic acids is 4. The quantitative estimate of drug-likeness (QED) is 0.0716. The first-order valence-corrected chi connectivity index (χ1v) is 13.9. The minimum Gasteiger partial charge on any atom is -0.386 e. The monoisotopic (exact) mass is 647 g/mol. The minimum absolute atomic E-state index is 0.0741. The Bertz CT molecular complexity index is 1660. The Hall–Kier alpha value is -4.98. The van der Waals surface area contributed by atoms with Gasteiger partial charge in [-0.05, 0) is 47.4 Å². The molecule has 0 bridgehead atoms. The number of fused-ring (bicyclic) bond motifs is 1. The van der Waals surface area contributed by atoms with Crippen molar-refractivity contribution >= 4 is 52.3 Å². The van der Waals surface area contributed by atoms with Crippen LogP contribution in [-0.4, -0.2) is 53.0 Å². The number of aromatic amines is 1. The normalized spacial score (nSPS) is 11.9. The van der Waals surface area contributed by atoms with Crippen LogP contribution in [0.3, 0.4) is 0 Å². The van der Waals surface area contributed by atoms with E-state index in [4.69, 9.17) is 11.6 Å². The molecule has 0 saturated heterocycles. The van der Waals surface area contributed by atoms with Crippen LogP contribution in [0.4, 0.5) is 23.5 Å². The Kier molecular flexibility index (Phi) is 10.7. The topological polar surface area (TPSA) is 142 Å². The number of esters is 2. The van der Waals surface area contributed by atoms with E-state index in [1.807, 2.05) is 24.3 Å². The van der Waals surface area contributed by atoms with Gasteiger partial charge < -0.3 is 25.7 Å². The number of aromatic nitrogens is 2. The van der Waals surface area contributed by atoms with E-state index in [-0.39, 0.29) is 17.0 Å². The SMILES string of the molecule is O=C(CCCNc1nc2ccccc2[nH]1)NCC(=O)NC(CC(=O)OC(=O)C(F)(F)F)c1ccc(-c2ccc(F)c(Cl)c2)cc1. The number of anilines is 1. The second-order valence-corrected chi connectivity index (χ2v) is 10.2. The molecule has 3 aromatic carbocycles. The molecule has 0 aliphatic rings. The number of alkyl halides is 3. The summed E-state index contributed by atoms with van der Waals surface area (Å²) >= 11 is 5.84. The average molecular weight is 648 g/mol. The summed E-state index contributed by atoms with van der Waals surface area (Å²) in [5.41, 5.74) is 3.06. The van der Waals surface area contributed by atoms with E-state index >= 15 is 0 Å². The van der Waals surface area contributed by atoms with E-state index in [9.17, 15) is 36.7 Å². The number of nitrogens with one attached hydrogen (secondary N) is 4. The largest absolute Gasteiger partial charge is 0.491 e. The predicted molar refractivity (Wildman–Crippen MR) is 156 cm³/mol. The van der Waals surface area contributed by atoms with E-state index in [2.05, 4.69) is 30.7 Å². The van der Waals surface area contributed by atoms with Crippen LogP contribution in [0.15, 0.2) is 66.7 Å². The molecule has 45 heavy (non-hydrogen) atoms. The fourth-order valence-corrected chi connectivity index (χ4v) is 4.39. The third-order valence-corrected chi connectivity index (χ3v) is 6.71. The number of benzene rings is 3. The van der Waals surface area contributed by atoms with Gasteiger partial charge in [-0.15, -0.1) is 0 Å². The molecule has 0 fully saturated rings. The molecule has 0 aliphatic heterocycles. The van der Waals surface area contributed by atoms with Crippen LogP contribution in [0.2, 0.25) is 5.02 Å². The van der Waals surface area contributed by atoms with E-state index < -0.39 is 54.8 Å². The van der Waals surface area contributed by atoms with Gasteiger partial charge in [0, 0.05) is 13.0 Å². The highest BCUT2D eigenvalue weighted by molar-refractivity contribution is 6.31. The molecule has 0 spiro atoms. The number of ether oxygens (including phenoxy) is 1. The molecular weight excluding hydrogens is 622 g/mol. The van der Waals surface area contributed by atoms with Crippen LogP contribution >= 0.6 is 11.6 Å². The summed E-state index contributed by atoms with van der Waals surface area (Å²) in [5, 5.41) is 7.87. The maximum absolute atomic E-state index is 13.5. The zero-order chi connectivity index (χ0) is 32.6. The maximum Gasteiger partial charge on any atom is 0.491 e. The van der Waals surface area contributed by atoms with Gasteiger partial charge in [-0.25, -0.2) is 14.2 Å². The van der Waals surface area contributed by atoms with Crippen LogP contribution in [0.1, 0.15) is 30.9 Å². The van der Waals surface area contributed by atoms with Crippen molar-refractivity contribution in [2.45, 2.75) is 31.5 Å². The number of amides is 2. The lowest BCUT2D eigenvalue weighted by Gasteiger charge is -2.19. The summed E-state index contributed by atoms with van der Waals surface area (Å²) in [6.07, 6.45) is -5.72. The van der Waals surface area contributed by atoms with Gasteiger partial charge in [0.05, 0.1) is 35.1 Å². The Balaban J connectivity index is 1.32. The summed E-state index contributed by atoms with van der Waals surface area (Å²) in [4.78, 5) is 55.7. The van der Waals surface area contributed by atoms with Crippen molar-refractivity contribution in [2.24, 2.45) is 0 Å². The van der Waals surface area contributed by atoms with E-state index in [0.717, 1.165) is 11.0 Å². The number of H-pyrrole nitrogens is 1. The number of halogens is 5. The van der Waals surface area contributed by atoms with Crippen molar-refractivity contribution in [3.63, 3.8) is 0 Å². The van der Waals surface area contributed by atoms with Gasteiger partial charge in [0.2, 0.25) is 17.8 Å². The average Bonchev–Trinajstić information content (AvgIpc) is 3.42. The van der Waals surface area contributed by atoms with Crippen molar-refractivity contribution in [3.05, 3.63) is 83.1 Å². The minimum atomic E-state index is -5.39. The first kappa shape index (κ1) is 32.9. The van der Waals surface area contributed by atoms with Crippen LogP contribution < -0.4 is 16.0 Å². The molecule has 0 saturated carbocycles. The van der Waals surface area contributed by atoms with Crippen molar-refractivity contribution in [1.82, 2.24) is 20.6 Å². The summed E-state index contributed by atoms with van der Waals surface area (Å²) in [6, 6.07) is 16.4. The van der Waals surface area contributed by atoms with E-state index in [1.54, 1.807) is 12.1 Å². The van der Waals surface area contributed by atoms with Crippen LogP contribution in [0.5, 0.6) is 0 Å². The number of hydrogen-bond acceptors (Lipinski definition) is 7. The Morgan fingerprint density at radius 2 is 1.67 bits per heavy atom. The lowest BCUT2D eigenvalue weighted by atomic mass is 9.99. The summed E-state index contributed by atoms with van der Waals surface area (Å²) in [7, 11) is 0. The van der Waals surface area contributed by atoms with Gasteiger partial charge in [-0.1, -0.05) is 54.1 Å². The Morgan fingerprint density at radius 1 is 0.956 bits per heavy atom. The van der Waals surface area contributed by atoms with Gasteiger partial charge >= 0.3 is 18.1 Å². The zero-order valence-electron chi connectivity index (χ0n) is 23.3. The number of carbonyl (C=O) groups is 4. The second-order valence-electron chi connectivity index (χ2n) is 9.74. The molecule has 4 rings (SSSR count). The molecule has 4 aromatic rings. The van der Waals surface area contributed by atoms with Crippen molar-refractivity contribution in [3.8, 4) is 11.1 Å². The first-order valence-electron chi connectivity index (χ1n) is 13.5. The standard InChI is InChI=1S/C30H26ClF4N5O5/c31-20-14-19(11-12-21(20)32)17-7-9-18(10-8-17)24(15-27(43)45-28(44)30(33,34)35)38-26(42)16-37-25(41)6-3-13-36-29-39-22-4-1-2-5-23(22)40-29/h1-2,4-5,7-12,14,24H,3,6,13,15-16H2,(H,37,41)(H,38,42)(H2,36,39,40). The molecule has 0 aliphatic carbocycles. The lowest BCUT2D eigenvalue weighted by molar-refractivity contribution is -0.202. The molecule has 15 heteroatoms. The molecule has 2 amide bonds. The van der Waals surface area contributed by atoms with Crippen LogP contribution in [0.25, 0.3) is 22.2 Å². The highest BCUT2D eigenvalue weighted by Crippen LogP contribution is 2.27. The van der Waals surface area contributed by atoms with Gasteiger partial charge in [-0.3, -0.25) is 14.4 Å². The van der Waals surface area contributed by atoms with E-state index in [0.29, 0.717) is 30.0 Å². The molecular formula is C30H26ClF4N5O5. The molecule has 1 heterocycles. The Labute approximate surface area is 258 Å². The molecule has 1 aromatic heterocycles. The molecule has 10 nitrogen and oxygen atoms in total. The smallest absolute Gasteiger partial charge is 0.386 e. The van der Waals surface area contributed by atoms with E-state index in [1.165, 1.54) is 30.3 Å². The highest BCUT2D eigenvalue weighted by Gasteiger charge is 2.42. The Morgan fingerprint density at radius 3 is 2.36 bits per heavy atom. The first-order chi connectivity index (χ1) is 21.4. The summed E-state index contributed by atoms with van der Waals surface area (Å²) in [6.45, 7) is -0.0740. The van der Waals surface area contributed by atoms with Gasteiger partial charge in [-0.2, -0.15) is 13.2 Å². The van der Waals surface area contributed by atoms with Gasteiger partial charge in [0.15, 0.2) is 0 Å². The summed E-state index contributed by atoms with van der Waals surface area (Å²) < 4.78 is 55.2. The third-order valence-electron chi connectivity index (χ3n) is 6.42. The van der Waals surface area contributed by atoms with Crippen molar-refractivity contribution < 1.29 is 41.5 Å². The van der Waals surface area contributed by atoms with Gasteiger partial charge in [0.25, 0.3) is 0 Å². The van der Waals surface area contributed by atoms with Crippen LogP contribution in [-0.2, 0) is 23.9 Å². The number of nitrogens with zero attached hydrogens (tertiary/aromatic N) is 1. The molecule has 1 atom stereocenters. The van der Waals surface area contributed by atoms with Crippen molar-refractivity contribution in [1.29, 1.82) is 0 Å². The lowest BCUT2D eigenvalue weighted by Crippen LogP contribution is -2.39. The number of para-hydroxylation sites is 2. The predicted octanol–water partition coefficient (Wildman–Crippen LogP) is 5.21. The zero-order valence-corrected chi connectivity index (χ0v) is 24.1. The van der Waals surface area contributed by atoms with Crippen molar-refractivity contribution in [2.75, 3.05) is 18.4 Å². The molecule has 0 radical (unpaired) electrons. The number of hydrogen-bond donors (Lipinski definition) is 4. The molecule has 1 unspecified atom stereocenters. The molecule has 236 valence electrons. The number of imidazole rings is 1. The third kappa shape index (κ3) is 9.50. The van der Waals surface area contributed by atoms with Gasteiger partial charge in [0.1, 0.15) is 5.82 Å². The number of rotatable bonds is 12. The maximum atomic E-state index is 13.5.